The summed E-state index contributed by atoms with van der Waals surface area (Å²) in [5.74, 6) is 0.649. The predicted octanol–water partition coefficient (Wildman–Crippen LogP) is 3.29. The van der Waals surface area contributed by atoms with Crippen molar-refractivity contribution in [3.63, 3.8) is 0 Å². The van der Waals surface area contributed by atoms with Crippen LogP contribution in [0.15, 0.2) is 28.8 Å². The number of urea groups is 1. The van der Waals surface area contributed by atoms with Crippen LogP contribution in [0.4, 0.5) is 16.4 Å². The summed E-state index contributed by atoms with van der Waals surface area (Å²) in [5.41, 5.74) is 9.61. The molecule has 2 heterocycles. The van der Waals surface area contributed by atoms with E-state index in [-0.39, 0.29) is 6.03 Å². The number of anilines is 2. The molecule has 0 radical (unpaired) electrons. The van der Waals surface area contributed by atoms with Gasteiger partial charge in [-0.05, 0) is 43.9 Å². The first-order valence-electron chi connectivity index (χ1n) is 7.89. The summed E-state index contributed by atoms with van der Waals surface area (Å²) < 4.78 is 4.93. The molecular formula is C17H22N4O2. The molecule has 0 atom stereocenters. The molecule has 0 spiro atoms. The SMILES string of the molecule is Cc1cccc(NC(=O)N2CCC(c3cc(N)on3)CC2)c1C. The van der Waals surface area contributed by atoms with Crippen molar-refractivity contribution in [3.05, 3.63) is 41.1 Å². The molecule has 3 N–H and O–H groups in total. The number of rotatable bonds is 2. The maximum absolute atomic E-state index is 12.4. The fourth-order valence-electron chi connectivity index (χ4n) is 2.96. The lowest BCUT2D eigenvalue weighted by molar-refractivity contribution is 0.193. The van der Waals surface area contributed by atoms with Crippen LogP contribution in [-0.2, 0) is 0 Å². The molecule has 1 aromatic carbocycles. The Labute approximate surface area is 135 Å². The van der Waals surface area contributed by atoms with Crippen LogP contribution in [-0.4, -0.2) is 29.2 Å². The van der Waals surface area contributed by atoms with Crippen molar-refractivity contribution in [3.8, 4) is 0 Å². The van der Waals surface area contributed by atoms with Gasteiger partial charge in [-0.3, -0.25) is 0 Å². The number of carbonyl (C=O) groups excluding carboxylic acids is 1. The Morgan fingerprint density at radius 3 is 2.74 bits per heavy atom. The van der Waals surface area contributed by atoms with Crippen LogP contribution in [0.3, 0.4) is 0 Å². The summed E-state index contributed by atoms with van der Waals surface area (Å²) in [4.78, 5) is 14.3. The molecule has 1 fully saturated rings. The van der Waals surface area contributed by atoms with Gasteiger partial charge in [0.1, 0.15) is 0 Å². The van der Waals surface area contributed by atoms with Gasteiger partial charge in [-0.15, -0.1) is 0 Å². The number of hydrogen-bond donors (Lipinski definition) is 2. The Bertz CT molecular complexity index is 702. The van der Waals surface area contributed by atoms with Gasteiger partial charge in [-0.2, -0.15) is 0 Å². The normalized spacial score (nSPS) is 15.7. The molecule has 6 nitrogen and oxygen atoms in total. The summed E-state index contributed by atoms with van der Waals surface area (Å²) in [6.45, 7) is 5.47. The van der Waals surface area contributed by atoms with Crippen molar-refractivity contribution in [2.45, 2.75) is 32.6 Å². The number of carbonyl (C=O) groups is 1. The molecule has 122 valence electrons. The first-order chi connectivity index (χ1) is 11.0. The summed E-state index contributed by atoms with van der Waals surface area (Å²) in [7, 11) is 0. The number of hydrogen-bond acceptors (Lipinski definition) is 4. The highest BCUT2D eigenvalue weighted by Crippen LogP contribution is 2.28. The van der Waals surface area contributed by atoms with E-state index in [1.165, 1.54) is 5.56 Å². The third-order valence-electron chi connectivity index (χ3n) is 4.59. The van der Waals surface area contributed by atoms with Gasteiger partial charge in [0, 0.05) is 30.8 Å². The minimum atomic E-state index is -0.0446. The summed E-state index contributed by atoms with van der Waals surface area (Å²) in [5, 5.41) is 6.99. The highest BCUT2D eigenvalue weighted by molar-refractivity contribution is 5.90. The van der Waals surface area contributed by atoms with Crippen LogP contribution >= 0.6 is 0 Å². The molecule has 1 saturated heterocycles. The molecule has 0 saturated carbocycles. The lowest BCUT2D eigenvalue weighted by atomic mass is 9.94. The minimum absolute atomic E-state index is 0.0446. The fourth-order valence-corrected chi connectivity index (χ4v) is 2.96. The van der Waals surface area contributed by atoms with E-state index in [0.29, 0.717) is 24.9 Å². The van der Waals surface area contributed by atoms with Crippen molar-refractivity contribution >= 4 is 17.6 Å². The zero-order valence-electron chi connectivity index (χ0n) is 13.5. The number of nitrogens with one attached hydrogen (secondary N) is 1. The van der Waals surface area contributed by atoms with Gasteiger partial charge in [0.05, 0.1) is 5.69 Å². The van der Waals surface area contributed by atoms with Gasteiger partial charge < -0.3 is 20.5 Å². The quantitative estimate of drug-likeness (QED) is 0.891. The Hall–Kier alpha value is -2.50. The third kappa shape index (κ3) is 3.31. The summed E-state index contributed by atoms with van der Waals surface area (Å²) in [6, 6.07) is 7.66. The number of benzene rings is 1. The van der Waals surface area contributed by atoms with Crippen LogP contribution < -0.4 is 11.1 Å². The van der Waals surface area contributed by atoms with E-state index in [0.717, 1.165) is 29.8 Å². The summed E-state index contributed by atoms with van der Waals surface area (Å²) in [6.07, 6.45) is 1.73. The highest BCUT2D eigenvalue weighted by atomic mass is 16.5. The monoisotopic (exact) mass is 314 g/mol. The van der Waals surface area contributed by atoms with Gasteiger partial charge in [0.25, 0.3) is 0 Å². The van der Waals surface area contributed by atoms with E-state index < -0.39 is 0 Å². The van der Waals surface area contributed by atoms with E-state index in [1.807, 2.05) is 36.9 Å². The molecule has 23 heavy (non-hydrogen) atoms. The fraction of sp³-hybridized carbons (Fsp3) is 0.412. The van der Waals surface area contributed by atoms with E-state index in [9.17, 15) is 4.79 Å². The number of aromatic nitrogens is 1. The molecule has 1 aliphatic rings. The summed E-state index contributed by atoms with van der Waals surface area (Å²) >= 11 is 0. The Morgan fingerprint density at radius 1 is 1.35 bits per heavy atom. The van der Waals surface area contributed by atoms with Crippen molar-refractivity contribution in [1.29, 1.82) is 0 Å². The van der Waals surface area contributed by atoms with Crippen molar-refractivity contribution in [2.75, 3.05) is 24.1 Å². The first kappa shape index (κ1) is 15.4. The molecule has 1 aliphatic heterocycles. The molecular weight excluding hydrogens is 292 g/mol. The molecule has 1 aromatic heterocycles. The Morgan fingerprint density at radius 2 is 2.09 bits per heavy atom. The number of aryl methyl sites for hydroxylation is 1. The standard InChI is InChI=1S/C17H22N4O2/c1-11-4-3-5-14(12(11)2)19-17(22)21-8-6-13(7-9-21)15-10-16(18)23-20-15/h3-5,10,13H,6-9,18H2,1-2H3,(H,19,22). The molecule has 0 aliphatic carbocycles. The van der Waals surface area contributed by atoms with Gasteiger partial charge in [-0.1, -0.05) is 17.3 Å². The number of nitrogens with zero attached hydrogens (tertiary/aromatic N) is 2. The number of nitrogens with two attached hydrogens (primary N) is 1. The molecule has 0 bridgehead atoms. The largest absolute Gasteiger partial charge is 0.368 e. The second-order valence-corrected chi connectivity index (χ2v) is 6.09. The molecule has 2 aromatic rings. The van der Waals surface area contributed by atoms with E-state index >= 15 is 0 Å². The number of likely N-dealkylation sites (tertiary alicyclic amines) is 1. The molecule has 6 heteroatoms. The van der Waals surface area contributed by atoms with Crippen molar-refractivity contribution < 1.29 is 9.32 Å². The number of amides is 2. The number of piperidine rings is 1. The average molecular weight is 314 g/mol. The van der Waals surface area contributed by atoms with Crippen LogP contribution in [0, 0.1) is 13.8 Å². The smallest absolute Gasteiger partial charge is 0.321 e. The minimum Gasteiger partial charge on any atom is -0.368 e. The first-order valence-corrected chi connectivity index (χ1v) is 7.89. The average Bonchev–Trinajstić information content (AvgIpc) is 2.98. The van der Waals surface area contributed by atoms with Gasteiger partial charge >= 0.3 is 6.03 Å². The van der Waals surface area contributed by atoms with Crippen molar-refractivity contribution in [2.24, 2.45) is 0 Å². The number of nitrogen functional groups attached to an aromatic ring is 1. The topological polar surface area (TPSA) is 84.4 Å². The highest BCUT2D eigenvalue weighted by Gasteiger charge is 2.26. The zero-order chi connectivity index (χ0) is 16.4. The lowest BCUT2D eigenvalue weighted by Gasteiger charge is -2.31. The van der Waals surface area contributed by atoms with E-state index in [1.54, 1.807) is 6.07 Å². The second kappa shape index (κ2) is 6.32. The molecule has 2 amide bonds. The second-order valence-electron chi connectivity index (χ2n) is 6.09. The maximum atomic E-state index is 12.4. The van der Waals surface area contributed by atoms with Gasteiger partial charge in [0.15, 0.2) is 0 Å². The van der Waals surface area contributed by atoms with Crippen LogP contribution in [0.25, 0.3) is 0 Å². The van der Waals surface area contributed by atoms with Crippen LogP contribution in [0.1, 0.15) is 35.6 Å². The maximum Gasteiger partial charge on any atom is 0.321 e. The van der Waals surface area contributed by atoms with E-state index in [4.69, 9.17) is 10.3 Å². The zero-order valence-corrected chi connectivity index (χ0v) is 13.5. The Balaban J connectivity index is 1.59. The molecule has 0 unspecified atom stereocenters. The lowest BCUT2D eigenvalue weighted by Crippen LogP contribution is -2.40. The molecule has 3 rings (SSSR count). The predicted molar refractivity (Wildman–Crippen MR) is 89.4 cm³/mol. The van der Waals surface area contributed by atoms with Crippen LogP contribution in [0.5, 0.6) is 0 Å². The van der Waals surface area contributed by atoms with Gasteiger partial charge in [-0.25, -0.2) is 4.79 Å². The van der Waals surface area contributed by atoms with Crippen molar-refractivity contribution in [1.82, 2.24) is 10.1 Å². The third-order valence-corrected chi connectivity index (χ3v) is 4.59. The van der Waals surface area contributed by atoms with E-state index in [2.05, 4.69) is 10.5 Å². The van der Waals surface area contributed by atoms with Gasteiger partial charge in [0.2, 0.25) is 5.88 Å². The Kier molecular flexibility index (Phi) is 4.23. The van der Waals surface area contributed by atoms with Crippen LogP contribution in [0.2, 0.25) is 0 Å².